The van der Waals surface area contributed by atoms with Crippen molar-refractivity contribution < 1.29 is 5.11 Å². The Balaban J connectivity index is 1.78. The van der Waals surface area contributed by atoms with Crippen LogP contribution >= 0.6 is 0 Å². The van der Waals surface area contributed by atoms with E-state index in [1.54, 1.807) is 22.7 Å². The second kappa shape index (κ2) is 7.79. The Bertz CT molecular complexity index is 1310. The lowest BCUT2D eigenvalue weighted by Gasteiger charge is -2.22. The number of anilines is 4. The molecule has 0 aliphatic rings. The van der Waals surface area contributed by atoms with E-state index in [1.165, 1.54) is 6.33 Å². The van der Waals surface area contributed by atoms with Crippen LogP contribution in [0.3, 0.4) is 0 Å². The normalized spacial score (nSPS) is 11.8. The highest BCUT2D eigenvalue weighted by molar-refractivity contribution is 5.78. The van der Waals surface area contributed by atoms with Crippen LogP contribution in [-0.2, 0) is 0 Å². The molecule has 10 heteroatoms. The van der Waals surface area contributed by atoms with Gasteiger partial charge in [-0.05, 0) is 37.6 Å². The van der Waals surface area contributed by atoms with Gasteiger partial charge in [0.25, 0.3) is 0 Å². The molecule has 1 atom stereocenters. The lowest BCUT2D eigenvalue weighted by Crippen LogP contribution is -2.19. The van der Waals surface area contributed by atoms with E-state index in [0.29, 0.717) is 17.5 Å². The first-order valence-corrected chi connectivity index (χ1v) is 9.54. The molecule has 4 rings (SSSR count). The maximum Gasteiger partial charge on any atom is 0.173 e. The fraction of sp³-hybridized carbons (Fsp3) is 0.190. The van der Waals surface area contributed by atoms with Gasteiger partial charge in [0.1, 0.15) is 40.9 Å². The third kappa shape index (κ3) is 3.64. The molecule has 156 valence electrons. The second-order valence-corrected chi connectivity index (χ2v) is 7.12. The third-order valence-electron chi connectivity index (χ3n) is 4.97. The van der Waals surface area contributed by atoms with Gasteiger partial charge in [-0.2, -0.15) is 10.4 Å². The molecule has 4 aromatic rings. The van der Waals surface area contributed by atoms with Crippen molar-refractivity contribution in [1.82, 2.24) is 24.6 Å². The zero-order valence-electron chi connectivity index (χ0n) is 17.3. The minimum Gasteiger partial charge on any atom is -0.508 e. The Hall–Kier alpha value is -4.39. The van der Waals surface area contributed by atoms with Gasteiger partial charge in [0.15, 0.2) is 11.6 Å². The van der Waals surface area contributed by atoms with Crippen LogP contribution in [0.2, 0.25) is 0 Å². The SMILES string of the molecule is Cc1ccn2nc([C@H](C)Nc3ncnc(N)c3C#N)nc(N(C)c3cccc(O)c3)c12. The highest BCUT2D eigenvalue weighted by Gasteiger charge is 2.20. The lowest BCUT2D eigenvalue weighted by molar-refractivity contribution is 0.475. The van der Waals surface area contributed by atoms with Crippen LogP contribution in [0.15, 0.2) is 42.9 Å². The topological polar surface area (TPSA) is 141 Å². The van der Waals surface area contributed by atoms with Crippen molar-refractivity contribution in [3.63, 3.8) is 0 Å². The summed E-state index contributed by atoms with van der Waals surface area (Å²) in [5, 5.41) is 27.1. The van der Waals surface area contributed by atoms with Crippen LogP contribution in [0.25, 0.3) is 5.52 Å². The Labute approximate surface area is 178 Å². The summed E-state index contributed by atoms with van der Waals surface area (Å²) in [5.74, 6) is 1.76. The number of rotatable bonds is 5. The highest BCUT2D eigenvalue weighted by atomic mass is 16.3. The van der Waals surface area contributed by atoms with E-state index in [9.17, 15) is 10.4 Å². The molecular weight excluding hydrogens is 394 g/mol. The van der Waals surface area contributed by atoms with E-state index in [1.807, 2.05) is 50.2 Å². The van der Waals surface area contributed by atoms with E-state index in [0.717, 1.165) is 16.8 Å². The van der Waals surface area contributed by atoms with Crippen molar-refractivity contribution in [1.29, 1.82) is 5.26 Å². The Morgan fingerprint density at radius 3 is 2.84 bits per heavy atom. The molecule has 0 fully saturated rings. The standard InChI is InChI=1S/C21H21N9O/c1-12-7-8-30-17(12)21(29(3)14-5-4-6-15(31)9-14)27-19(28-30)13(2)26-20-16(10-22)18(23)24-11-25-20/h4-9,11,13,31H,1-3H3,(H3,23,24,25,26)/t13-/m0/s1. The molecule has 0 bridgehead atoms. The summed E-state index contributed by atoms with van der Waals surface area (Å²) >= 11 is 0. The summed E-state index contributed by atoms with van der Waals surface area (Å²) in [6.07, 6.45) is 3.16. The number of nitriles is 1. The number of aromatic hydroxyl groups is 1. The molecular formula is C21H21N9O. The zero-order valence-corrected chi connectivity index (χ0v) is 17.3. The minimum atomic E-state index is -0.384. The van der Waals surface area contributed by atoms with Crippen LogP contribution in [0.4, 0.5) is 23.1 Å². The molecule has 1 aromatic carbocycles. The second-order valence-electron chi connectivity index (χ2n) is 7.12. The number of hydrogen-bond donors (Lipinski definition) is 3. The Morgan fingerprint density at radius 1 is 1.29 bits per heavy atom. The van der Waals surface area contributed by atoms with Crippen molar-refractivity contribution in [2.24, 2.45) is 0 Å². The molecule has 0 aliphatic carbocycles. The van der Waals surface area contributed by atoms with Gasteiger partial charge in [0, 0.05) is 25.0 Å². The Kier molecular flexibility index (Phi) is 5.00. The van der Waals surface area contributed by atoms with Crippen molar-refractivity contribution >= 4 is 28.7 Å². The van der Waals surface area contributed by atoms with Gasteiger partial charge in [-0.15, -0.1) is 0 Å². The van der Waals surface area contributed by atoms with Gasteiger partial charge in [-0.25, -0.2) is 19.5 Å². The van der Waals surface area contributed by atoms with Crippen molar-refractivity contribution in [2.45, 2.75) is 19.9 Å². The first-order valence-electron chi connectivity index (χ1n) is 9.54. The molecule has 3 heterocycles. The first-order chi connectivity index (χ1) is 14.9. The number of benzene rings is 1. The number of nitrogens with two attached hydrogens (primary N) is 1. The fourth-order valence-electron chi connectivity index (χ4n) is 3.30. The van der Waals surface area contributed by atoms with Crippen LogP contribution in [-0.4, -0.2) is 36.7 Å². The molecule has 10 nitrogen and oxygen atoms in total. The average molecular weight is 415 g/mol. The quantitative estimate of drug-likeness (QED) is 0.448. The van der Waals surface area contributed by atoms with Gasteiger partial charge < -0.3 is 21.1 Å². The van der Waals surface area contributed by atoms with Gasteiger partial charge in [0.05, 0.1) is 6.04 Å². The van der Waals surface area contributed by atoms with E-state index in [-0.39, 0.29) is 23.2 Å². The summed E-state index contributed by atoms with van der Waals surface area (Å²) in [7, 11) is 1.88. The van der Waals surface area contributed by atoms with Crippen LogP contribution in [0, 0.1) is 18.3 Å². The minimum absolute atomic E-state index is 0.105. The van der Waals surface area contributed by atoms with Crippen LogP contribution in [0.1, 0.15) is 29.9 Å². The molecule has 4 N–H and O–H groups in total. The van der Waals surface area contributed by atoms with E-state index < -0.39 is 0 Å². The zero-order chi connectivity index (χ0) is 22.1. The number of hydrogen-bond acceptors (Lipinski definition) is 9. The third-order valence-corrected chi connectivity index (χ3v) is 4.97. The van der Waals surface area contributed by atoms with Gasteiger partial charge in [-0.3, -0.25) is 0 Å². The number of phenols is 1. The molecule has 0 radical (unpaired) electrons. The molecule has 0 spiro atoms. The smallest absolute Gasteiger partial charge is 0.173 e. The maximum absolute atomic E-state index is 9.89. The van der Waals surface area contributed by atoms with E-state index in [4.69, 9.17) is 10.7 Å². The molecule has 31 heavy (non-hydrogen) atoms. The van der Waals surface area contributed by atoms with Crippen molar-refractivity contribution in [2.75, 3.05) is 23.0 Å². The number of nitrogens with zero attached hydrogens (tertiary/aromatic N) is 7. The number of fused-ring (bicyclic) bond motifs is 1. The van der Waals surface area contributed by atoms with Crippen molar-refractivity contribution in [3.8, 4) is 11.8 Å². The summed E-state index contributed by atoms with van der Waals surface area (Å²) < 4.78 is 1.77. The summed E-state index contributed by atoms with van der Waals surface area (Å²) in [5.41, 5.74) is 8.61. The van der Waals surface area contributed by atoms with Gasteiger partial charge in [0.2, 0.25) is 0 Å². The maximum atomic E-state index is 9.89. The average Bonchev–Trinajstić information content (AvgIpc) is 3.13. The molecule has 0 aliphatic heterocycles. The molecule has 0 amide bonds. The van der Waals surface area contributed by atoms with Crippen molar-refractivity contribution in [3.05, 3.63) is 59.8 Å². The van der Waals surface area contributed by atoms with E-state index >= 15 is 0 Å². The number of aromatic nitrogens is 5. The predicted octanol–water partition coefficient (Wildman–Crippen LogP) is 2.93. The number of nitrogen functional groups attached to an aromatic ring is 1. The number of nitrogens with one attached hydrogen (secondary N) is 1. The fourth-order valence-corrected chi connectivity index (χ4v) is 3.30. The summed E-state index contributed by atoms with van der Waals surface area (Å²) in [4.78, 5) is 14.7. The number of aryl methyl sites for hydroxylation is 1. The Morgan fingerprint density at radius 2 is 2.10 bits per heavy atom. The largest absolute Gasteiger partial charge is 0.508 e. The molecule has 0 saturated heterocycles. The van der Waals surface area contributed by atoms with Crippen LogP contribution in [0.5, 0.6) is 5.75 Å². The van der Waals surface area contributed by atoms with Gasteiger partial charge in [-0.1, -0.05) is 6.07 Å². The molecule has 0 saturated carbocycles. The summed E-state index contributed by atoms with van der Waals surface area (Å²) in [6, 6.07) is 10.5. The van der Waals surface area contributed by atoms with Crippen LogP contribution < -0.4 is 16.0 Å². The lowest BCUT2D eigenvalue weighted by atomic mass is 10.2. The number of phenolic OH excluding ortho intramolecular Hbond substituents is 1. The monoisotopic (exact) mass is 415 g/mol. The predicted molar refractivity (Wildman–Crippen MR) is 117 cm³/mol. The van der Waals surface area contributed by atoms with E-state index in [2.05, 4.69) is 20.4 Å². The highest BCUT2D eigenvalue weighted by Crippen LogP contribution is 2.31. The molecule has 0 unspecified atom stereocenters. The summed E-state index contributed by atoms with van der Waals surface area (Å²) in [6.45, 7) is 3.86. The van der Waals surface area contributed by atoms with Gasteiger partial charge >= 0.3 is 0 Å². The first kappa shape index (κ1) is 19.9. The molecule has 3 aromatic heterocycles.